The first-order chi connectivity index (χ1) is 23.6. The first kappa shape index (κ1) is 37.8. The van der Waals surface area contributed by atoms with Crippen LogP contribution in [0.4, 0.5) is 0 Å². The van der Waals surface area contributed by atoms with E-state index in [4.69, 9.17) is 4.74 Å². The van der Waals surface area contributed by atoms with Crippen LogP contribution in [-0.4, -0.2) is 34.8 Å². The van der Waals surface area contributed by atoms with Crippen LogP contribution in [0.2, 0.25) is 0 Å². The maximum Gasteiger partial charge on any atom is 0.309 e. The number of carboxylic acids is 1. The van der Waals surface area contributed by atoms with Crippen LogP contribution < -0.4 is 5.32 Å². The third-order valence-corrected chi connectivity index (χ3v) is 15.3. The van der Waals surface area contributed by atoms with Crippen molar-refractivity contribution in [2.24, 2.45) is 56.7 Å². The van der Waals surface area contributed by atoms with Crippen LogP contribution in [0, 0.1) is 56.7 Å². The molecular formula is C44H63NO6. The second-order valence-corrected chi connectivity index (χ2v) is 19.8. The summed E-state index contributed by atoms with van der Waals surface area (Å²) in [6, 6.07) is 10.1. The van der Waals surface area contributed by atoms with Gasteiger partial charge in [0.05, 0.1) is 22.8 Å². The number of aliphatic carboxylic acids is 1. The van der Waals surface area contributed by atoms with Crippen molar-refractivity contribution in [2.75, 3.05) is 0 Å². The predicted molar refractivity (Wildman–Crippen MR) is 198 cm³/mol. The Morgan fingerprint density at radius 3 is 2.16 bits per heavy atom. The van der Waals surface area contributed by atoms with E-state index in [9.17, 15) is 24.3 Å². The van der Waals surface area contributed by atoms with Gasteiger partial charge in [-0.2, -0.15) is 0 Å². The van der Waals surface area contributed by atoms with Crippen molar-refractivity contribution in [3.63, 3.8) is 0 Å². The lowest BCUT2D eigenvalue weighted by molar-refractivity contribution is -0.213. The highest BCUT2D eigenvalue weighted by molar-refractivity contribution is 6.07. The lowest BCUT2D eigenvalue weighted by Gasteiger charge is -2.68. The van der Waals surface area contributed by atoms with Gasteiger partial charge in [-0.15, -0.1) is 0 Å². The van der Waals surface area contributed by atoms with E-state index in [1.165, 1.54) is 5.57 Å². The molecule has 7 nitrogen and oxygen atoms in total. The summed E-state index contributed by atoms with van der Waals surface area (Å²) in [5, 5.41) is 13.0. The summed E-state index contributed by atoms with van der Waals surface area (Å²) in [7, 11) is 0. The number of ether oxygens (including phenoxy) is 1. The van der Waals surface area contributed by atoms with Crippen LogP contribution in [-0.2, 0) is 29.5 Å². The largest absolute Gasteiger partial charge is 0.481 e. The zero-order valence-electron chi connectivity index (χ0n) is 32.9. The zero-order valence-corrected chi connectivity index (χ0v) is 32.9. The van der Waals surface area contributed by atoms with Gasteiger partial charge in [0.25, 0.3) is 0 Å². The number of ketones is 1. The molecule has 0 saturated heterocycles. The van der Waals surface area contributed by atoms with Gasteiger partial charge in [-0.25, -0.2) is 0 Å². The molecule has 4 fully saturated rings. The van der Waals surface area contributed by atoms with Gasteiger partial charge in [0, 0.05) is 11.8 Å². The number of carbonyl (C=O) groups is 4. The highest BCUT2D eigenvalue weighted by atomic mass is 16.5. The van der Waals surface area contributed by atoms with E-state index in [1.54, 1.807) is 13.8 Å². The van der Waals surface area contributed by atoms with Crippen LogP contribution in [0.25, 0.3) is 0 Å². The molecule has 6 rings (SSSR count). The number of carbonyl (C=O) groups excluding carboxylic acids is 3. The van der Waals surface area contributed by atoms with Crippen LogP contribution >= 0.6 is 0 Å². The molecule has 280 valence electrons. The van der Waals surface area contributed by atoms with Crippen LogP contribution in [0.3, 0.4) is 0 Å². The molecule has 7 heteroatoms. The lowest BCUT2D eigenvalue weighted by Crippen LogP contribution is -2.63. The van der Waals surface area contributed by atoms with Crippen LogP contribution in [0.1, 0.15) is 139 Å². The number of amides is 1. The molecule has 4 saturated carbocycles. The Hall–Kier alpha value is -2.96. The molecule has 0 radical (unpaired) electrons. The fourth-order valence-corrected chi connectivity index (χ4v) is 12.7. The minimum Gasteiger partial charge on any atom is -0.481 e. The molecule has 0 aliphatic heterocycles. The number of hydrogen-bond acceptors (Lipinski definition) is 5. The molecule has 0 heterocycles. The first-order valence-corrected chi connectivity index (χ1v) is 19.7. The second-order valence-electron chi connectivity index (χ2n) is 19.8. The predicted octanol–water partition coefficient (Wildman–Crippen LogP) is 9.04. The zero-order chi connectivity index (χ0) is 37.5. The average molecular weight is 702 g/mol. The second kappa shape index (κ2) is 12.6. The van der Waals surface area contributed by atoms with Crippen molar-refractivity contribution in [1.29, 1.82) is 0 Å². The van der Waals surface area contributed by atoms with Gasteiger partial charge in [0.1, 0.15) is 6.10 Å². The normalized spacial score (nSPS) is 36.1. The fraction of sp³-hybridized carbons (Fsp3) is 0.727. The molecular weight excluding hydrogens is 638 g/mol. The van der Waals surface area contributed by atoms with Gasteiger partial charge in [-0.3, -0.25) is 19.2 Å². The van der Waals surface area contributed by atoms with E-state index in [2.05, 4.69) is 72.8 Å². The Labute approximate surface area is 306 Å². The number of carboxylic acid groups (broad SMARTS) is 1. The molecule has 4 unspecified atom stereocenters. The summed E-state index contributed by atoms with van der Waals surface area (Å²) in [4.78, 5) is 53.5. The molecule has 51 heavy (non-hydrogen) atoms. The number of esters is 1. The van der Waals surface area contributed by atoms with Crippen LogP contribution in [0.5, 0.6) is 0 Å². The maximum atomic E-state index is 14.7. The van der Waals surface area contributed by atoms with E-state index in [0.29, 0.717) is 24.2 Å². The summed E-state index contributed by atoms with van der Waals surface area (Å²) < 4.78 is 6.14. The number of fused-ring (bicyclic) bond motifs is 7. The minimum absolute atomic E-state index is 0.0121. The number of hydrogen-bond donors (Lipinski definition) is 2. The van der Waals surface area contributed by atoms with Gasteiger partial charge in [-0.1, -0.05) is 71.9 Å². The fourth-order valence-electron chi connectivity index (χ4n) is 12.7. The van der Waals surface area contributed by atoms with Crippen molar-refractivity contribution in [2.45, 2.75) is 145 Å². The Morgan fingerprint density at radius 2 is 1.53 bits per heavy atom. The number of benzene rings is 1. The maximum absolute atomic E-state index is 14.7. The SMILES string of the molecule is CC(C)C1=C2C3CCC4[C@@](C)(CCC5C(C)(C)[C@@H](OC(=O)CC(C)(C)C(=O)O)CC[C@@]54C)C3CC[C@@]2(C(=O)NC(C)(C)c2ccccc2)CC1=O. The highest BCUT2D eigenvalue weighted by Crippen LogP contribution is 2.73. The van der Waals surface area contributed by atoms with E-state index < -0.39 is 28.3 Å². The molecule has 0 bridgehead atoms. The number of Topliss-reactive ketones (excluding diaryl/α,β-unsaturated/α-hetero) is 1. The van der Waals surface area contributed by atoms with Gasteiger partial charge < -0.3 is 15.2 Å². The van der Waals surface area contributed by atoms with Gasteiger partial charge in [0.15, 0.2) is 5.78 Å². The van der Waals surface area contributed by atoms with Crippen molar-refractivity contribution in [3.05, 3.63) is 47.0 Å². The van der Waals surface area contributed by atoms with Crippen LogP contribution in [0.15, 0.2) is 41.5 Å². The molecule has 0 aromatic heterocycles. The first-order valence-electron chi connectivity index (χ1n) is 19.7. The van der Waals surface area contributed by atoms with E-state index in [-0.39, 0.29) is 58.7 Å². The van der Waals surface area contributed by atoms with E-state index >= 15 is 0 Å². The number of rotatable bonds is 8. The van der Waals surface area contributed by atoms with E-state index in [1.807, 2.05) is 18.2 Å². The molecule has 5 aliphatic carbocycles. The Morgan fingerprint density at radius 1 is 0.882 bits per heavy atom. The third kappa shape index (κ3) is 5.91. The molecule has 5 aliphatic rings. The summed E-state index contributed by atoms with van der Waals surface area (Å²) in [5.74, 6) is 0.314. The Kier molecular flexibility index (Phi) is 9.32. The van der Waals surface area contributed by atoms with Gasteiger partial charge in [-0.05, 0) is 136 Å². The number of allylic oxidation sites excluding steroid dienone is 1. The average Bonchev–Trinajstić information content (AvgIpc) is 3.36. The lowest BCUT2D eigenvalue weighted by atomic mass is 9.36. The molecule has 1 amide bonds. The smallest absolute Gasteiger partial charge is 0.309 e. The van der Waals surface area contributed by atoms with Crippen molar-refractivity contribution in [1.82, 2.24) is 5.32 Å². The Bertz CT molecular complexity index is 1620. The molecule has 1 aromatic rings. The summed E-state index contributed by atoms with van der Waals surface area (Å²) in [6.45, 7) is 21.1. The monoisotopic (exact) mass is 701 g/mol. The summed E-state index contributed by atoms with van der Waals surface area (Å²) in [6.07, 6.45) is 7.48. The summed E-state index contributed by atoms with van der Waals surface area (Å²) >= 11 is 0. The highest BCUT2D eigenvalue weighted by Gasteiger charge is 2.67. The topological polar surface area (TPSA) is 110 Å². The third-order valence-electron chi connectivity index (χ3n) is 15.3. The molecule has 8 atom stereocenters. The van der Waals surface area contributed by atoms with Gasteiger partial charge in [0.2, 0.25) is 5.91 Å². The molecule has 0 spiro atoms. The Balaban J connectivity index is 1.28. The number of nitrogens with one attached hydrogen (secondary N) is 1. The van der Waals surface area contributed by atoms with Crippen molar-refractivity contribution < 1.29 is 29.0 Å². The molecule has 2 N–H and O–H groups in total. The van der Waals surface area contributed by atoms with Gasteiger partial charge >= 0.3 is 11.9 Å². The minimum atomic E-state index is -1.17. The van der Waals surface area contributed by atoms with E-state index in [0.717, 1.165) is 56.1 Å². The standard InChI is InChI=1S/C44H63NO6/c1-26(2)35-30(46)24-44(37(48)45-41(7,8)27-14-12-11-13-15-27)23-18-29-28(36(35)44)16-17-32-42(29,9)21-19-31-40(5,6)33(20-22-43(31,32)10)51-34(47)25-39(3,4)38(49)50/h11-15,26,28-29,31-33H,16-25H2,1-10H3,(H,45,48)(H,49,50)/t28?,29?,31?,32?,33-,42-,43-,44+/m0/s1. The summed E-state index contributed by atoms with van der Waals surface area (Å²) in [5.41, 5.74) is 0.530. The quantitative estimate of drug-likeness (QED) is 0.262. The molecule has 1 aromatic carbocycles. The van der Waals surface area contributed by atoms with Crippen molar-refractivity contribution >= 4 is 23.6 Å². The van der Waals surface area contributed by atoms with Crippen molar-refractivity contribution in [3.8, 4) is 0 Å².